The zero-order valence-corrected chi connectivity index (χ0v) is 12.7. The van der Waals surface area contributed by atoms with Gasteiger partial charge in [-0.25, -0.2) is 4.98 Å². The van der Waals surface area contributed by atoms with E-state index >= 15 is 0 Å². The van der Waals surface area contributed by atoms with Gasteiger partial charge in [0.15, 0.2) is 11.5 Å². The minimum Gasteiger partial charge on any atom is -0.493 e. The van der Waals surface area contributed by atoms with Gasteiger partial charge in [0.1, 0.15) is 5.82 Å². The lowest BCUT2D eigenvalue weighted by Gasteiger charge is -2.30. The van der Waals surface area contributed by atoms with Gasteiger partial charge >= 0.3 is 0 Å². The van der Waals surface area contributed by atoms with Crippen LogP contribution >= 0.6 is 0 Å². The van der Waals surface area contributed by atoms with Gasteiger partial charge in [-0.3, -0.25) is 0 Å². The third kappa shape index (κ3) is 2.56. The summed E-state index contributed by atoms with van der Waals surface area (Å²) in [6.45, 7) is 1.61. The molecule has 0 unspecified atom stereocenters. The number of hydrogen-bond acceptors (Lipinski definition) is 5. The molecule has 0 saturated heterocycles. The number of rotatable bonds is 3. The number of nitriles is 1. The lowest BCUT2D eigenvalue weighted by Crippen LogP contribution is -2.31. The molecule has 0 fully saturated rings. The molecule has 2 aromatic rings. The maximum atomic E-state index is 9.02. The Kier molecular flexibility index (Phi) is 3.84. The predicted molar refractivity (Wildman–Crippen MR) is 83.3 cm³/mol. The Bertz CT molecular complexity index is 737. The molecular formula is C17H17N3O2. The van der Waals surface area contributed by atoms with Gasteiger partial charge in [-0.05, 0) is 41.8 Å². The van der Waals surface area contributed by atoms with E-state index in [2.05, 4.69) is 16.0 Å². The topological polar surface area (TPSA) is 58.4 Å². The van der Waals surface area contributed by atoms with Crippen molar-refractivity contribution < 1.29 is 9.47 Å². The fourth-order valence-corrected chi connectivity index (χ4v) is 2.74. The Morgan fingerprint density at radius 3 is 2.55 bits per heavy atom. The maximum Gasteiger partial charge on any atom is 0.161 e. The number of anilines is 1. The quantitative estimate of drug-likeness (QED) is 0.871. The first kappa shape index (κ1) is 14.2. The second-order valence-corrected chi connectivity index (χ2v) is 5.16. The van der Waals surface area contributed by atoms with Crippen LogP contribution in [0, 0.1) is 11.3 Å². The Hall–Kier alpha value is -2.74. The number of nitrogens with zero attached hydrogens (tertiary/aromatic N) is 3. The van der Waals surface area contributed by atoms with Crippen molar-refractivity contribution >= 4 is 5.82 Å². The molecule has 0 saturated carbocycles. The van der Waals surface area contributed by atoms with Crippen LogP contribution in [0.25, 0.3) is 0 Å². The second kappa shape index (κ2) is 5.94. The van der Waals surface area contributed by atoms with Crippen LogP contribution < -0.4 is 14.4 Å². The van der Waals surface area contributed by atoms with E-state index in [-0.39, 0.29) is 0 Å². The lowest BCUT2D eigenvalue weighted by molar-refractivity contribution is 0.353. The molecule has 0 N–H and O–H groups in total. The Morgan fingerprint density at radius 1 is 1.14 bits per heavy atom. The molecule has 1 aromatic heterocycles. The predicted octanol–water partition coefficient (Wildman–Crippen LogP) is 2.53. The van der Waals surface area contributed by atoms with Gasteiger partial charge in [0.05, 0.1) is 25.9 Å². The van der Waals surface area contributed by atoms with Crippen molar-refractivity contribution in [1.82, 2.24) is 4.98 Å². The molecule has 5 heteroatoms. The first-order valence-electron chi connectivity index (χ1n) is 7.10. The van der Waals surface area contributed by atoms with Crippen molar-refractivity contribution in [2.75, 3.05) is 25.7 Å². The highest BCUT2D eigenvalue weighted by Crippen LogP contribution is 2.34. The summed E-state index contributed by atoms with van der Waals surface area (Å²) >= 11 is 0. The molecule has 1 aromatic carbocycles. The number of aromatic nitrogens is 1. The van der Waals surface area contributed by atoms with E-state index in [0.29, 0.717) is 5.56 Å². The molecule has 0 bridgehead atoms. The van der Waals surface area contributed by atoms with Gasteiger partial charge in [-0.15, -0.1) is 0 Å². The molecule has 2 heterocycles. The monoisotopic (exact) mass is 295 g/mol. The molecule has 22 heavy (non-hydrogen) atoms. The maximum absolute atomic E-state index is 9.02. The van der Waals surface area contributed by atoms with Crippen molar-refractivity contribution in [2.24, 2.45) is 0 Å². The first-order chi connectivity index (χ1) is 10.7. The van der Waals surface area contributed by atoms with Gasteiger partial charge in [0.25, 0.3) is 0 Å². The molecule has 1 aliphatic heterocycles. The fourth-order valence-electron chi connectivity index (χ4n) is 2.74. The average Bonchev–Trinajstić information content (AvgIpc) is 2.59. The highest BCUT2D eigenvalue weighted by Gasteiger charge is 2.20. The van der Waals surface area contributed by atoms with E-state index in [9.17, 15) is 0 Å². The first-order valence-corrected chi connectivity index (χ1v) is 7.10. The summed E-state index contributed by atoms with van der Waals surface area (Å²) in [6, 6.07) is 9.77. The highest BCUT2D eigenvalue weighted by molar-refractivity contribution is 5.52. The van der Waals surface area contributed by atoms with Gasteiger partial charge in [-0.1, -0.05) is 0 Å². The molecule has 0 radical (unpaired) electrons. The van der Waals surface area contributed by atoms with Crippen LogP contribution in [0.1, 0.15) is 16.7 Å². The smallest absolute Gasteiger partial charge is 0.161 e. The molecule has 0 spiro atoms. The van der Waals surface area contributed by atoms with E-state index in [1.807, 2.05) is 18.2 Å². The van der Waals surface area contributed by atoms with Crippen molar-refractivity contribution in [2.45, 2.75) is 13.0 Å². The summed E-state index contributed by atoms with van der Waals surface area (Å²) in [6.07, 6.45) is 2.59. The van der Waals surface area contributed by atoms with Crippen molar-refractivity contribution in [3.63, 3.8) is 0 Å². The largest absolute Gasteiger partial charge is 0.493 e. The molecular weight excluding hydrogens is 278 g/mol. The Labute approximate surface area is 129 Å². The van der Waals surface area contributed by atoms with Gasteiger partial charge in [0, 0.05) is 19.3 Å². The average molecular weight is 295 g/mol. The summed E-state index contributed by atoms with van der Waals surface area (Å²) in [5.41, 5.74) is 3.10. The Balaban J connectivity index is 1.91. The number of hydrogen-bond donors (Lipinski definition) is 0. The molecule has 3 rings (SSSR count). The van der Waals surface area contributed by atoms with Crippen LogP contribution in [0.5, 0.6) is 11.5 Å². The molecule has 5 nitrogen and oxygen atoms in total. The number of pyridine rings is 1. The molecule has 0 aliphatic carbocycles. The zero-order chi connectivity index (χ0) is 15.5. The molecule has 1 aliphatic rings. The second-order valence-electron chi connectivity index (χ2n) is 5.16. The Morgan fingerprint density at radius 2 is 1.86 bits per heavy atom. The summed E-state index contributed by atoms with van der Waals surface area (Å²) < 4.78 is 10.7. The van der Waals surface area contributed by atoms with Gasteiger partial charge in [0.2, 0.25) is 0 Å². The number of ether oxygens (including phenoxy) is 2. The van der Waals surface area contributed by atoms with Gasteiger partial charge < -0.3 is 14.4 Å². The van der Waals surface area contributed by atoms with Crippen molar-refractivity contribution in [3.05, 3.63) is 47.2 Å². The minimum atomic E-state index is 0.628. The van der Waals surface area contributed by atoms with Crippen molar-refractivity contribution in [1.29, 1.82) is 5.26 Å². The van der Waals surface area contributed by atoms with E-state index in [1.54, 1.807) is 26.5 Å². The van der Waals surface area contributed by atoms with Crippen LogP contribution in [0.2, 0.25) is 0 Å². The summed E-state index contributed by atoms with van der Waals surface area (Å²) in [5.74, 6) is 2.33. The SMILES string of the molecule is COc1cc2c(cc1OC)CN(c1cc(C#N)ccn1)CC2. The van der Waals surface area contributed by atoms with Crippen molar-refractivity contribution in [3.8, 4) is 17.6 Å². The van der Waals surface area contributed by atoms with Gasteiger partial charge in [-0.2, -0.15) is 5.26 Å². The summed E-state index contributed by atoms with van der Waals surface area (Å²) in [4.78, 5) is 6.55. The van der Waals surface area contributed by atoms with Crippen LogP contribution in [-0.4, -0.2) is 25.7 Å². The van der Waals surface area contributed by atoms with E-state index in [0.717, 1.165) is 36.8 Å². The van der Waals surface area contributed by atoms with Crippen LogP contribution in [0.3, 0.4) is 0 Å². The standard InChI is InChI=1S/C17H17N3O2/c1-21-15-8-13-4-6-20(11-14(13)9-16(15)22-2)17-7-12(10-18)3-5-19-17/h3,5,7-9H,4,6,11H2,1-2H3. The van der Waals surface area contributed by atoms with Crippen LogP contribution in [0.4, 0.5) is 5.82 Å². The third-order valence-electron chi connectivity index (χ3n) is 3.92. The number of benzene rings is 1. The van der Waals surface area contributed by atoms with E-state index in [4.69, 9.17) is 14.7 Å². The zero-order valence-electron chi connectivity index (χ0n) is 12.7. The number of fused-ring (bicyclic) bond motifs is 1. The third-order valence-corrected chi connectivity index (χ3v) is 3.92. The molecule has 0 amide bonds. The number of methoxy groups -OCH3 is 2. The van der Waals surface area contributed by atoms with E-state index in [1.165, 1.54) is 11.1 Å². The van der Waals surface area contributed by atoms with E-state index < -0.39 is 0 Å². The summed E-state index contributed by atoms with van der Waals surface area (Å²) in [5, 5.41) is 9.02. The lowest BCUT2D eigenvalue weighted by atomic mass is 9.98. The van der Waals surface area contributed by atoms with Crippen LogP contribution in [-0.2, 0) is 13.0 Å². The normalized spacial score (nSPS) is 13.2. The fraction of sp³-hybridized carbons (Fsp3) is 0.294. The minimum absolute atomic E-state index is 0.628. The molecule has 0 atom stereocenters. The highest BCUT2D eigenvalue weighted by atomic mass is 16.5. The molecule has 112 valence electrons. The van der Waals surface area contributed by atoms with Crippen LogP contribution in [0.15, 0.2) is 30.5 Å². The summed E-state index contributed by atoms with van der Waals surface area (Å²) in [7, 11) is 3.29.